The van der Waals surface area contributed by atoms with Crippen LogP contribution >= 0.6 is 11.6 Å². The number of halogens is 4. The third-order valence-corrected chi connectivity index (χ3v) is 2.20. The minimum atomic E-state index is -3.10. The minimum absolute atomic E-state index is 0.0776. The summed E-state index contributed by atoms with van der Waals surface area (Å²) in [6, 6.07) is 1.70. The SMILES string of the molecule is COC(=O)c1cc(CCl)c(OC(F)F)cc1F. The van der Waals surface area contributed by atoms with Crippen LogP contribution in [0.3, 0.4) is 0 Å². The van der Waals surface area contributed by atoms with Crippen molar-refractivity contribution in [3.63, 3.8) is 0 Å². The van der Waals surface area contributed by atoms with Gasteiger partial charge in [0.25, 0.3) is 0 Å². The van der Waals surface area contributed by atoms with Crippen LogP contribution in [0.4, 0.5) is 13.2 Å². The lowest BCUT2D eigenvalue weighted by atomic mass is 10.1. The largest absolute Gasteiger partial charge is 0.465 e. The highest BCUT2D eigenvalue weighted by molar-refractivity contribution is 6.17. The van der Waals surface area contributed by atoms with Gasteiger partial charge in [-0.3, -0.25) is 0 Å². The normalized spacial score (nSPS) is 10.5. The average Bonchev–Trinajstić information content (AvgIpc) is 2.27. The zero-order valence-electron chi connectivity index (χ0n) is 8.68. The van der Waals surface area contributed by atoms with E-state index in [-0.39, 0.29) is 17.0 Å². The Morgan fingerprint density at radius 2 is 2.12 bits per heavy atom. The quantitative estimate of drug-likeness (QED) is 0.622. The van der Waals surface area contributed by atoms with Crippen LogP contribution in [-0.4, -0.2) is 19.7 Å². The predicted octanol–water partition coefficient (Wildman–Crippen LogP) is 2.95. The fraction of sp³-hybridized carbons (Fsp3) is 0.300. The molecule has 3 nitrogen and oxygen atoms in total. The van der Waals surface area contributed by atoms with Gasteiger partial charge in [-0.25, -0.2) is 9.18 Å². The molecule has 0 aliphatic heterocycles. The third-order valence-electron chi connectivity index (χ3n) is 1.92. The molecule has 0 N–H and O–H groups in total. The lowest BCUT2D eigenvalue weighted by Crippen LogP contribution is -2.09. The maximum atomic E-state index is 13.4. The number of rotatable bonds is 4. The Morgan fingerprint density at radius 1 is 1.47 bits per heavy atom. The lowest BCUT2D eigenvalue weighted by Gasteiger charge is -2.11. The number of carbonyl (C=O) groups excluding carboxylic acids is 1. The molecule has 0 bridgehead atoms. The van der Waals surface area contributed by atoms with E-state index in [1.165, 1.54) is 0 Å². The number of hydrogen-bond donors (Lipinski definition) is 0. The third kappa shape index (κ3) is 3.26. The molecule has 7 heteroatoms. The Balaban J connectivity index is 3.19. The summed E-state index contributed by atoms with van der Waals surface area (Å²) >= 11 is 5.49. The second-order valence-corrected chi connectivity index (χ2v) is 3.21. The standard InChI is InChI=1S/C10H8ClF3O3/c1-16-9(15)6-2-5(4-11)8(3-7(6)12)17-10(13)14/h2-3,10H,4H2,1H3. The van der Waals surface area contributed by atoms with Gasteiger partial charge in [0.15, 0.2) is 0 Å². The molecule has 0 atom stereocenters. The van der Waals surface area contributed by atoms with Gasteiger partial charge in [0.1, 0.15) is 11.6 Å². The molecule has 17 heavy (non-hydrogen) atoms. The van der Waals surface area contributed by atoms with E-state index in [0.717, 1.165) is 13.2 Å². The molecular formula is C10H8ClF3O3. The van der Waals surface area contributed by atoms with E-state index in [1.54, 1.807) is 0 Å². The number of carbonyl (C=O) groups is 1. The molecule has 0 aliphatic carbocycles. The fourth-order valence-corrected chi connectivity index (χ4v) is 1.39. The predicted molar refractivity (Wildman–Crippen MR) is 53.9 cm³/mol. The number of alkyl halides is 3. The van der Waals surface area contributed by atoms with Crippen LogP contribution in [0.1, 0.15) is 15.9 Å². The Hall–Kier alpha value is -1.43. The zero-order valence-corrected chi connectivity index (χ0v) is 9.43. The van der Waals surface area contributed by atoms with Gasteiger partial charge in [0.2, 0.25) is 0 Å². The zero-order chi connectivity index (χ0) is 13.0. The highest BCUT2D eigenvalue weighted by atomic mass is 35.5. The number of ether oxygens (including phenoxy) is 2. The Morgan fingerprint density at radius 3 is 2.59 bits per heavy atom. The number of esters is 1. The molecule has 1 aromatic rings. The van der Waals surface area contributed by atoms with Crippen molar-refractivity contribution < 1.29 is 27.4 Å². The van der Waals surface area contributed by atoms with Gasteiger partial charge in [-0.15, -0.1) is 11.6 Å². The van der Waals surface area contributed by atoms with E-state index in [9.17, 15) is 18.0 Å². The maximum absolute atomic E-state index is 13.4. The van der Waals surface area contributed by atoms with Crippen molar-refractivity contribution >= 4 is 17.6 Å². The van der Waals surface area contributed by atoms with Crippen molar-refractivity contribution in [2.45, 2.75) is 12.5 Å². The van der Waals surface area contributed by atoms with E-state index in [4.69, 9.17) is 11.6 Å². The molecule has 0 radical (unpaired) electrons. The number of hydrogen-bond acceptors (Lipinski definition) is 3. The molecule has 1 rings (SSSR count). The first-order valence-electron chi connectivity index (χ1n) is 4.41. The molecule has 94 valence electrons. The highest BCUT2D eigenvalue weighted by Crippen LogP contribution is 2.26. The molecule has 0 fully saturated rings. The van der Waals surface area contributed by atoms with Crippen molar-refractivity contribution in [3.8, 4) is 5.75 Å². The fourth-order valence-electron chi connectivity index (χ4n) is 1.18. The van der Waals surface area contributed by atoms with Gasteiger partial charge < -0.3 is 9.47 Å². The Kier molecular flexibility index (Phi) is 4.62. The molecule has 0 amide bonds. The summed E-state index contributed by atoms with van der Waals surface area (Å²) in [6.07, 6.45) is 0. The lowest BCUT2D eigenvalue weighted by molar-refractivity contribution is -0.0504. The Bertz CT molecular complexity index is 424. The number of benzene rings is 1. The molecular weight excluding hydrogens is 261 g/mol. The molecule has 0 spiro atoms. The van der Waals surface area contributed by atoms with Crippen LogP contribution in [-0.2, 0) is 10.6 Å². The summed E-state index contributed by atoms with van der Waals surface area (Å²) in [6.45, 7) is -3.10. The maximum Gasteiger partial charge on any atom is 0.387 e. The van der Waals surface area contributed by atoms with Crippen molar-refractivity contribution in [2.24, 2.45) is 0 Å². The van der Waals surface area contributed by atoms with Gasteiger partial charge in [0.05, 0.1) is 18.6 Å². The van der Waals surface area contributed by atoms with Gasteiger partial charge in [-0.1, -0.05) is 0 Å². The summed E-state index contributed by atoms with van der Waals surface area (Å²) in [5.41, 5.74) is -0.307. The average molecular weight is 269 g/mol. The van der Waals surface area contributed by atoms with Crippen LogP contribution in [0.25, 0.3) is 0 Å². The molecule has 0 saturated heterocycles. The van der Waals surface area contributed by atoms with Crippen molar-refractivity contribution in [1.29, 1.82) is 0 Å². The van der Waals surface area contributed by atoms with Crippen LogP contribution in [0.15, 0.2) is 12.1 Å². The van der Waals surface area contributed by atoms with Gasteiger partial charge >= 0.3 is 12.6 Å². The molecule has 0 unspecified atom stereocenters. The van der Waals surface area contributed by atoms with Crippen LogP contribution in [0.2, 0.25) is 0 Å². The summed E-state index contributed by atoms with van der Waals surface area (Å²) in [5.74, 6) is -2.54. The first kappa shape index (κ1) is 13.6. The molecule has 0 aliphatic rings. The Labute approximate surface area is 100 Å². The highest BCUT2D eigenvalue weighted by Gasteiger charge is 2.18. The van der Waals surface area contributed by atoms with Crippen LogP contribution in [0, 0.1) is 5.82 Å². The molecule has 0 heterocycles. The van der Waals surface area contributed by atoms with E-state index in [0.29, 0.717) is 6.07 Å². The van der Waals surface area contributed by atoms with E-state index in [2.05, 4.69) is 9.47 Å². The van der Waals surface area contributed by atoms with E-state index >= 15 is 0 Å². The monoisotopic (exact) mass is 268 g/mol. The van der Waals surface area contributed by atoms with Crippen molar-refractivity contribution in [2.75, 3.05) is 7.11 Å². The van der Waals surface area contributed by atoms with Gasteiger partial charge in [-0.05, 0) is 6.07 Å². The van der Waals surface area contributed by atoms with Gasteiger partial charge in [0, 0.05) is 11.6 Å². The summed E-state index contributed by atoms with van der Waals surface area (Å²) < 4.78 is 45.8. The van der Waals surface area contributed by atoms with Crippen molar-refractivity contribution in [3.05, 3.63) is 29.1 Å². The first-order chi connectivity index (χ1) is 7.99. The van der Waals surface area contributed by atoms with Crippen LogP contribution in [0.5, 0.6) is 5.75 Å². The van der Waals surface area contributed by atoms with E-state index in [1.807, 2.05) is 0 Å². The van der Waals surface area contributed by atoms with E-state index < -0.39 is 24.1 Å². The van der Waals surface area contributed by atoms with Gasteiger partial charge in [-0.2, -0.15) is 8.78 Å². The topological polar surface area (TPSA) is 35.5 Å². The van der Waals surface area contributed by atoms with Crippen molar-refractivity contribution in [1.82, 2.24) is 0 Å². The summed E-state index contributed by atoms with van der Waals surface area (Å²) in [5, 5.41) is 0. The minimum Gasteiger partial charge on any atom is -0.465 e. The summed E-state index contributed by atoms with van der Waals surface area (Å²) in [4.78, 5) is 11.1. The molecule has 1 aromatic carbocycles. The summed E-state index contributed by atoms with van der Waals surface area (Å²) in [7, 11) is 1.08. The van der Waals surface area contributed by atoms with Crippen LogP contribution < -0.4 is 4.74 Å². The second-order valence-electron chi connectivity index (χ2n) is 2.94. The second kappa shape index (κ2) is 5.77. The first-order valence-corrected chi connectivity index (χ1v) is 4.94. The smallest absolute Gasteiger partial charge is 0.387 e. The number of methoxy groups -OCH3 is 1. The molecule has 0 saturated carbocycles. The molecule has 0 aromatic heterocycles.